The number of carbonyl (C=O) groups is 5. The van der Waals surface area contributed by atoms with E-state index in [0.717, 1.165) is 93.8 Å². The second-order valence-corrected chi connectivity index (χ2v) is 31.7. The highest BCUT2D eigenvalue weighted by atomic mass is 35.5. The van der Waals surface area contributed by atoms with Crippen molar-refractivity contribution in [2.24, 2.45) is 0 Å². The van der Waals surface area contributed by atoms with Crippen LogP contribution in [0.4, 0.5) is 5.69 Å². The number of ether oxygens (including phenoxy) is 3. The quantitative estimate of drug-likeness (QED) is 0.0272. The number of anilines is 1. The van der Waals surface area contributed by atoms with Gasteiger partial charge in [0, 0.05) is 137 Å². The van der Waals surface area contributed by atoms with Crippen LogP contribution in [0.2, 0.25) is 5.02 Å². The number of aromatic nitrogens is 2. The summed E-state index contributed by atoms with van der Waals surface area (Å²) in [5, 5.41) is 26.7. The predicted octanol–water partition coefficient (Wildman–Crippen LogP) is 18.3. The Morgan fingerprint density at radius 2 is 0.887 bits per heavy atom. The van der Waals surface area contributed by atoms with E-state index >= 15 is 0 Å². The lowest BCUT2D eigenvalue weighted by atomic mass is 9.93. The minimum absolute atomic E-state index is 0.000728. The highest BCUT2D eigenvalue weighted by molar-refractivity contribution is 8.00. The van der Waals surface area contributed by atoms with Crippen molar-refractivity contribution < 1.29 is 47.7 Å². The van der Waals surface area contributed by atoms with Gasteiger partial charge in [0.05, 0.1) is 46.2 Å². The second-order valence-electron chi connectivity index (χ2n) is 27.0. The molecule has 115 heavy (non-hydrogen) atoms. The smallest absolute Gasteiger partial charge is 0.346 e. The van der Waals surface area contributed by atoms with Crippen LogP contribution in [0.1, 0.15) is 41.4 Å². The molecule has 3 N–H and O–H groups in total. The van der Waals surface area contributed by atoms with Gasteiger partial charge in [0.25, 0.3) is 16.7 Å². The number of pyridine rings is 2. The fraction of sp³-hybridized carbons (Fsp3) is 0.0435. The molecule has 14 aromatic carbocycles. The van der Waals surface area contributed by atoms with E-state index in [9.17, 15) is 53.1 Å². The second kappa shape index (κ2) is 29.3. The molecule has 3 aliphatic heterocycles. The first-order chi connectivity index (χ1) is 55.9. The molecule has 0 unspecified atom stereocenters. The summed E-state index contributed by atoms with van der Waals surface area (Å²) in [4.78, 5) is 125. The summed E-state index contributed by atoms with van der Waals surface area (Å²) in [6.07, 6.45) is 1.05. The summed E-state index contributed by atoms with van der Waals surface area (Å²) in [7, 11) is 0. The Morgan fingerprint density at radius 1 is 0.417 bits per heavy atom. The lowest BCUT2D eigenvalue weighted by Crippen LogP contribution is -2.35. The third-order valence-electron chi connectivity index (χ3n) is 20.7. The predicted molar refractivity (Wildman–Crippen MR) is 458 cm³/mol. The Hall–Kier alpha value is -13.5. The molecule has 0 spiro atoms. The summed E-state index contributed by atoms with van der Waals surface area (Å²) in [6, 6.07) is 72.4. The molecule has 8 heterocycles. The molecule has 558 valence electrons. The van der Waals surface area contributed by atoms with Gasteiger partial charge in [-0.2, -0.15) is 0 Å². The third kappa shape index (κ3) is 12.3. The summed E-state index contributed by atoms with van der Waals surface area (Å²) >= 11 is 12.6. The van der Waals surface area contributed by atoms with Crippen molar-refractivity contribution >= 4 is 226 Å². The fourth-order valence-electron chi connectivity index (χ4n) is 15.6. The molecule has 18 nitrogen and oxygen atoms in total. The van der Waals surface area contributed by atoms with Crippen LogP contribution >= 0.6 is 57.8 Å². The molecule has 0 bridgehead atoms. The van der Waals surface area contributed by atoms with Crippen LogP contribution in [-0.2, 0) is 32.1 Å². The number of carbonyl (C=O) groups excluding carboxylic acids is 5. The number of rotatable bonds is 8. The molecule has 5 aromatic heterocycles. The molecule has 0 saturated heterocycles. The van der Waals surface area contributed by atoms with E-state index in [4.69, 9.17) is 31.2 Å². The zero-order valence-electron chi connectivity index (χ0n) is 59.9. The van der Waals surface area contributed by atoms with Crippen molar-refractivity contribution in [3.8, 4) is 11.1 Å². The number of nitrogen functional groups attached to an aromatic ring is 1. The van der Waals surface area contributed by atoms with Gasteiger partial charge in [-0.1, -0.05) is 164 Å². The maximum atomic E-state index is 13.1. The number of aliphatic hydroxyl groups is 1. The first-order valence-corrected chi connectivity index (χ1v) is 39.5. The van der Waals surface area contributed by atoms with Gasteiger partial charge in [0.15, 0.2) is 0 Å². The normalized spacial score (nSPS) is 12.6. The number of fused-ring (bicyclic) bond motifs is 6. The van der Waals surface area contributed by atoms with Gasteiger partial charge in [-0.15, -0.1) is 22.7 Å². The molecule has 23 heteroatoms. The summed E-state index contributed by atoms with van der Waals surface area (Å²) in [6.45, 7) is 7.57. The number of nitrogens with two attached hydrogens (primary N) is 1. The van der Waals surface area contributed by atoms with Crippen molar-refractivity contribution in [1.29, 1.82) is 0 Å². The van der Waals surface area contributed by atoms with E-state index in [1.54, 1.807) is 112 Å². The number of halogens is 1. The van der Waals surface area contributed by atoms with Crippen LogP contribution in [-0.4, -0.2) is 57.3 Å². The molecule has 19 aromatic rings. The van der Waals surface area contributed by atoms with Gasteiger partial charge in [-0.05, 0) is 153 Å². The van der Waals surface area contributed by atoms with Gasteiger partial charge >= 0.3 is 41.1 Å². The number of hydrogen-bond donors (Lipinski definition) is 2. The lowest BCUT2D eigenvalue weighted by molar-refractivity contribution is -0.138. The summed E-state index contributed by atoms with van der Waals surface area (Å²) in [5.74, 6) is -3.03. The van der Waals surface area contributed by atoms with Gasteiger partial charge in [0.2, 0.25) is 0 Å². The standard InChI is InChI=1S/C23H15NO4S.C21H15NO2S.C18H11NO3S.C18H8O3S.C12H5ClO3/c1-2-19(25)28-12-11-24-22(26)15-8-7-14-13-5-3-4-6-17(13)29-18-10-9-16(23(24)27)20(15)21(14)18;1-12-13-6-7-15-14-4-2-3-5-17(14)25-18-9-8-16(19(13)20(15)18)21(24)22(12)10-11-23;19-13-6-1-2-7-15(13)23-14-9-8-12-16-10(14)4-3-5-11(16)17(20)22-18(12)21;19-17-11-6-5-10-9-3-1-2-4-13(9)22-14-8-7-12(18(20)21-17)15(11)16(10)14;13-9-5-4-8-10-6(9)2-1-3-7(10)11(14)16-12(8)15/h2-10H,1,11-12H2;2-9,23H,1,10-11H2;1-9H,19H2;1-8H;1-5H. The van der Waals surface area contributed by atoms with Crippen LogP contribution in [0.15, 0.2) is 291 Å². The highest BCUT2D eigenvalue weighted by Crippen LogP contribution is 2.50. The Bertz CT molecular complexity index is 7750. The summed E-state index contributed by atoms with van der Waals surface area (Å²) in [5.41, 5.74) is 8.72. The van der Waals surface area contributed by atoms with E-state index in [-0.39, 0.29) is 43.0 Å². The Balaban J connectivity index is 0.000000101. The highest BCUT2D eigenvalue weighted by Gasteiger charge is 2.31. The minimum atomic E-state index is -0.620. The maximum absolute atomic E-state index is 13.1. The Morgan fingerprint density at radius 3 is 1.51 bits per heavy atom. The molecule has 0 amide bonds. The van der Waals surface area contributed by atoms with E-state index in [2.05, 4.69) is 72.5 Å². The van der Waals surface area contributed by atoms with Gasteiger partial charge in [-0.3, -0.25) is 19.0 Å². The van der Waals surface area contributed by atoms with Gasteiger partial charge in [-0.25, -0.2) is 33.6 Å². The number of para-hydroxylation sites is 1. The monoisotopic (exact) mass is 1600 g/mol. The molecule has 3 aliphatic rings. The average Bonchev–Trinajstić information content (AvgIpc) is 0.690. The zero-order valence-corrected chi connectivity index (χ0v) is 63.9. The van der Waals surface area contributed by atoms with E-state index in [1.807, 2.05) is 103 Å². The molecule has 0 saturated carbocycles. The van der Waals surface area contributed by atoms with Crippen LogP contribution in [0, 0.1) is 0 Å². The van der Waals surface area contributed by atoms with Crippen LogP contribution in [0.5, 0.6) is 0 Å². The maximum Gasteiger partial charge on any atom is 0.346 e. The number of hydrogen-bond acceptors (Lipinski definition) is 20. The molecule has 0 fully saturated rings. The van der Waals surface area contributed by atoms with Gasteiger partial charge in [0.1, 0.15) is 6.61 Å². The first kappa shape index (κ1) is 73.1. The number of aliphatic hydroxyl groups excluding tert-OH is 1. The van der Waals surface area contributed by atoms with E-state index < -0.39 is 41.1 Å². The lowest BCUT2D eigenvalue weighted by Gasteiger charge is -2.22. The number of cyclic esters (lactones) is 4. The number of nitrogens with zero attached hydrogens (tertiary/aromatic N) is 2. The van der Waals surface area contributed by atoms with Gasteiger partial charge < -0.3 is 34.0 Å². The molecular formula is C92H54ClN3O15S4. The van der Waals surface area contributed by atoms with Crippen molar-refractivity contribution in [2.45, 2.75) is 32.7 Å². The first-order valence-electron chi connectivity index (χ1n) is 35.8. The minimum Gasteiger partial charge on any atom is -0.461 e. The molecule has 0 aliphatic carbocycles. The zero-order chi connectivity index (χ0) is 79.4. The van der Waals surface area contributed by atoms with Crippen molar-refractivity contribution in [3.05, 3.63) is 328 Å². The Labute approximate surface area is 669 Å². The SMILES string of the molecule is C=CC(=O)OCCn1c(=O)c2ccc3sc4ccccc4c4ccc(c1=O)c2c34.C=c1c2ccc3c4c(ccc(c(=O)n1CCO)c42)Sc1ccccc1-3.Nc1ccccc1Sc1ccc2c3c(cccc13)C(=O)OC2=O.O=C1OC(=O)c2ccc(Cl)c3cccc1c23.O=c1oc(=O)c2ccc3c4ccccc4sc4ccc1c2c43. The molecule has 0 radical (unpaired) electrons. The topological polar surface area (TPSA) is 268 Å². The number of benzene rings is 14. The molecule has 0 atom stereocenters. The van der Waals surface area contributed by atoms with Crippen molar-refractivity contribution in [1.82, 2.24) is 9.13 Å². The number of esters is 5. The van der Waals surface area contributed by atoms with Crippen LogP contribution in [0.3, 0.4) is 0 Å². The Kier molecular flexibility index (Phi) is 18.6. The fourth-order valence-corrected chi connectivity index (χ4v) is 20.1. The van der Waals surface area contributed by atoms with E-state index in [1.165, 1.54) is 37.4 Å². The largest absolute Gasteiger partial charge is 0.461 e. The molecular weight excluding hydrogens is 1550 g/mol. The van der Waals surface area contributed by atoms with Crippen LogP contribution < -0.4 is 39.0 Å². The molecule has 22 rings (SSSR count). The average molecular weight is 1610 g/mol. The third-order valence-corrected chi connectivity index (χ3v) is 25.6. The summed E-state index contributed by atoms with van der Waals surface area (Å²) < 4.78 is 26.3. The van der Waals surface area contributed by atoms with E-state index in [0.29, 0.717) is 86.8 Å². The van der Waals surface area contributed by atoms with Crippen molar-refractivity contribution in [2.75, 3.05) is 18.9 Å². The van der Waals surface area contributed by atoms with Crippen molar-refractivity contribution in [3.63, 3.8) is 0 Å². The van der Waals surface area contributed by atoms with Crippen LogP contribution in [0.25, 0.3) is 144 Å².